The van der Waals surface area contributed by atoms with Gasteiger partial charge in [-0.3, -0.25) is 0 Å². The minimum absolute atomic E-state index is 0.374. The Balaban J connectivity index is 2.06. The number of benzene rings is 1. The van der Waals surface area contributed by atoms with Crippen LogP contribution in [-0.4, -0.2) is 13.2 Å². The van der Waals surface area contributed by atoms with Gasteiger partial charge in [0.25, 0.3) is 0 Å². The molecule has 2 aliphatic rings. The van der Waals surface area contributed by atoms with Crippen molar-refractivity contribution in [2.45, 2.75) is 25.0 Å². The summed E-state index contributed by atoms with van der Waals surface area (Å²) in [5.41, 5.74) is 2.77. The Morgan fingerprint density at radius 2 is 2.38 bits per heavy atom. The van der Waals surface area contributed by atoms with Gasteiger partial charge >= 0.3 is 0 Å². The van der Waals surface area contributed by atoms with Crippen molar-refractivity contribution in [2.24, 2.45) is 0 Å². The average Bonchev–Trinajstić information content (AvgIpc) is 2.96. The van der Waals surface area contributed by atoms with E-state index >= 15 is 0 Å². The summed E-state index contributed by atoms with van der Waals surface area (Å²) in [5, 5.41) is 0. The van der Waals surface area contributed by atoms with E-state index in [1.807, 2.05) is 6.07 Å². The Hall–Kier alpha value is -1.02. The molecule has 0 spiro atoms. The molecule has 0 aromatic heterocycles. The van der Waals surface area contributed by atoms with Crippen molar-refractivity contribution >= 4 is 0 Å². The van der Waals surface area contributed by atoms with E-state index in [0.717, 1.165) is 12.2 Å². The van der Waals surface area contributed by atoms with E-state index in [2.05, 4.69) is 12.1 Å². The third-order valence-electron chi connectivity index (χ3n) is 2.94. The number of hydrogen-bond acceptors (Lipinski definition) is 2. The van der Waals surface area contributed by atoms with Gasteiger partial charge in [0.1, 0.15) is 11.9 Å². The first-order valence-corrected chi connectivity index (χ1v) is 4.71. The van der Waals surface area contributed by atoms with Gasteiger partial charge in [-0.25, -0.2) is 0 Å². The van der Waals surface area contributed by atoms with Crippen molar-refractivity contribution in [3.63, 3.8) is 0 Å². The first-order chi connectivity index (χ1) is 6.38. The third kappa shape index (κ3) is 1.05. The van der Waals surface area contributed by atoms with Crippen LogP contribution in [0.2, 0.25) is 0 Å². The first-order valence-electron chi connectivity index (χ1n) is 4.71. The standard InChI is InChI=1S/C11H12O2/c1-12-8-4-2-7-3-5-10-11(13-10)9(7)6-8/h2,4,6,10-11H,3,5H2,1H3/t10-,11+/m1/s1. The molecule has 68 valence electrons. The molecule has 1 saturated heterocycles. The maximum Gasteiger partial charge on any atom is 0.119 e. The van der Waals surface area contributed by atoms with Gasteiger partial charge in [-0.2, -0.15) is 0 Å². The number of hydrogen-bond donors (Lipinski definition) is 0. The summed E-state index contributed by atoms with van der Waals surface area (Å²) in [7, 11) is 1.70. The summed E-state index contributed by atoms with van der Waals surface area (Å²) in [6, 6.07) is 6.30. The fraction of sp³-hybridized carbons (Fsp3) is 0.455. The molecule has 3 rings (SSSR count). The van der Waals surface area contributed by atoms with E-state index in [9.17, 15) is 0 Å². The van der Waals surface area contributed by atoms with Crippen molar-refractivity contribution in [3.8, 4) is 5.75 Å². The molecule has 2 atom stereocenters. The Morgan fingerprint density at radius 1 is 1.46 bits per heavy atom. The van der Waals surface area contributed by atoms with E-state index in [-0.39, 0.29) is 0 Å². The molecule has 1 aliphatic carbocycles. The minimum Gasteiger partial charge on any atom is -0.497 e. The van der Waals surface area contributed by atoms with Gasteiger partial charge < -0.3 is 9.47 Å². The molecule has 1 aromatic carbocycles. The number of aryl methyl sites for hydroxylation is 1. The molecule has 1 heterocycles. The first kappa shape index (κ1) is 7.39. The quantitative estimate of drug-likeness (QED) is 0.611. The monoisotopic (exact) mass is 176 g/mol. The summed E-state index contributed by atoms with van der Waals surface area (Å²) < 4.78 is 10.7. The molecule has 2 nitrogen and oxygen atoms in total. The van der Waals surface area contributed by atoms with Gasteiger partial charge in [-0.05, 0) is 36.1 Å². The summed E-state index contributed by atoms with van der Waals surface area (Å²) in [4.78, 5) is 0. The van der Waals surface area contributed by atoms with Crippen LogP contribution >= 0.6 is 0 Å². The molecule has 0 bridgehead atoms. The van der Waals surface area contributed by atoms with E-state index in [1.54, 1.807) is 7.11 Å². The molecular weight excluding hydrogens is 164 g/mol. The number of fused-ring (bicyclic) bond motifs is 3. The highest BCUT2D eigenvalue weighted by atomic mass is 16.6. The second-order valence-corrected chi connectivity index (χ2v) is 3.70. The molecule has 2 heteroatoms. The fourth-order valence-electron chi connectivity index (χ4n) is 2.13. The fourth-order valence-corrected chi connectivity index (χ4v) is 2.13. The van der Waals surface area contributed by atoms with E-state index in [4.69, 9.17) is 9.47 Å². The molecule has 0 saturated carbocycles. The average molecular weight is 176 g/mol. The molecule has 0 amide bonds. The zero-order valence-electron chi connectivity index (χ0n) is 7.62. The minimum atomic E-state index is 0.374. The number of ether oxygens (including phenoxy) is 2. The molecule has 0 unspecified atom stereocenters. The maximum absolute atomic E-state index is 5.55. The van der Waals surface area contributed by atoms with Crippen molar-refractivity contribution in [1.82, 2.24) is 0 Å². The number of epoxide rings is 1. The van der Waals surface area contributed by atoms with E-state index < -0.39 is 0 Å². The third-order valence-corrected chi connectivity index (χ3v) is 2.94. The largest absolute Gasteiger partial charge is 0.497 e. The predicted octanol–water partition coefficient (Wildman–Crippen LogP) is 2.08. The molecular formula is C11H12O2. The topological polar surface area (TPSA) is 21.8 Å². The van der Waals surface area contributed by atoms with Crippen LogP contribution in [0.1, 0.15) is 23.7 Å². The van der Waals surface area contributed by atoms with Gasteiger partial charge in [-0.1, -0.05) is 6.07 Å². The summed E-state index contributed by atoms with van der Waals surface area (Å²) in [5.74, 6) is 0.940. The SMILES string of the molecule is COc1ccc2c(c1)[C@@H]1O[C@@H]1CC2. The Morgan fingerprint density at radius 3 is 3.23 bits per heavy atom. The molecule has 0 radical (unpaired) electrons. The van der Waals surface area contributed by atoms with Crippen LogP contribution in [0.15, 0.2) is 18.2 Å². The van der Waals surface area contributed by atoms with E-state index in [0.29, 0.717) is 12.2 Å². The lowest BCUT2D eigenvalue weighted by Gasteiger charge is -2.12. The molecule has 1 aliphatic heterocycles. The van der Waals surface area contributed by atoms with Gasteiger partial charge in [0.15, 0.2) is 0 Å². The van der Waals surface area contributed by atoms with Crippen LogP contribution in [0.5, 0.6) is 5.75 Å². The Labute approximate surface area is 77.5 Å². The highest BCUT2D eigenvalue weighted by Crippen LogP contribution is 2.47. The summed E-state index contributed by atoms with van der Waals surface area (Å²) in [6.45, 7) is 0. The second kappa shape index (κ2) is 2.48. The van der Waals surface area contributed by atoms with Gasteiger partial charge in [-0.15, -0.1) is 0 Å². The zero-order chi connectivity index (χ0) is 8.84. The van der Waals surface area contributed by atoms with Crippen molar-refractivity contribution in [2.75, 3.05) is 7.11 Å². The van der Waals surface area contributed by atoms with Crippen LogP contribution < -0.4 is 4.74 Å². The van der Waals surface area contributed by atoms with Crippen molar-refractivity contribution in [1.29, 1.82) is 0 Å². The van der Waals surface area contributed by atoms with Crippen LogP contribution in [0.25, 0.3) is 0 Å². The maximum atomic E-state index is 5.55. The number of rotatable bonds is 1. The lowest BCUT2D eigenvalue weighted by Crippen LogP contribution is -2.04. The van der Waals surface area contributed by atoms with Crippen molar-refractivity contribution < 1.29 is 9.47 Å². The van der Waals surface area contributed by atoms with Crippen LogP contribution in [-0.2, 0) is 11.2 Å². The zero-order valence-corrected chi connectivity index (χ0v) is 7.62. The number of methoxy groups -OCH3 is 1. The van der Waals surface area contributed by atoms with Gasteiger partial charge in [0, 0.05) is 0 Å². The smallest absolute Gasteiger partial charge is 0.119 e. The van der Waals surface area contributed by atoms with E-state index in [1.165, 1.54) is 17.5 Å². The van der Waals surface area contributed by atoms with Gasteiger partial charge in [0.05, 0.1) is 13.2 Å². The predicted molar refractivity (Wildman–Crippen MR) is 48.9 cm³/mol. The Kier molecular flexibility index (Phi) is 1.41. The normalized spacial score (nSPS) is 29.0. The lowest BCUT2D eigenvalue weighted by molar-refractivity contribution is 0.372. The molecule has 13 heavy (non-hydrogen) atoms. The molecule has 0 N–H and O–H groups in total. The summed E-state index contributed by atoms with van der Waals surface area (Å²) >= 11 is 0. The van der Waals surface area contributed by atoms with Crippen LogP contribution in [0.4, 0.5) is 0 Å². The lowest BCUT2D eigenvalue weighted by atomic mass is 9.92. The highest BCUT2D eigenvalue weighted by molar-refractivity contribution is 5.41. The van der Waals surface area contributed by atoms with Crippen LogP contribution in [0, 0.1) is 0 Å². The van der Waals surface area contributed by atoms with Crippen LogP contribution in [0.3, 0.4) is 0 Å². The Bertz CT molecular complexity index is 346. The molecule has 1 fully saturated rings. The van der Waals surface area contributed by atoms with Gasteiger partial charge in [0.2, 0.25) is 0 Å². The highest BCUT2D eigenvalue weighted by Gasteiger charge is 2.43. The second-order valence-electron chi connectivity index (χ2n) is 3.70. The summed E-state index contributed by atoms with van der Waals surface area (Å²) in [6.07, 6.45) is 3.21. The van der Waals surface area contributed by atoms with Crippen molar-refractivity contribution in [3.05, 3.63) is 29.3 Å². The molecule has 1 aromatic rings.